The van der Waals surface area contributed by atoms with Gasteiger partial charge >= 0.3 is 0 Å². The summed E-state index contributed by atoms with van der Waals surface area (Å²) in [5, 5.41) is 8.10. The number of nitrogens with one attached hydrogen (secondary N) is 1. The number of piperidine rings is 1. The molecule has 3 aliphatic heterocycles. The van der Waals surface area contributed by atoms with Crippen LogP contribution in [0.1, 0.15) is 61.5 Å². The number of nitrogens with zero attached hydrogens (tertiary/aromatic N) is 3. The summed E-state index contributed by atoms with van der Waals surface area (Å²) in [6.07, 6.45) is 10.9. The first-order valence-corrected chi connectivity index (χ1v) is 9.83. The number of carbonyl (C=O) groups is 1. The van der Waals surface area contributed by atoms with Crippen LogP contribution in [0.25, 0.3) is 0 Å². The molecular formula is C19H28N4O. The Labute approximate surface area is 143 Å². The van der Waals surface area contributed by atoms with E-state index >= 15 is 0 Å². The zero-order valence-electron chi connectivity index (χ0n) is 14.4. The Morgan fingerprint density at radius 1 is 1.08 bits per heavy atom. The fourth-order valence-electron chi connectivity index (χ4n) is 5.89. The van der Waals surface area contributed by atoms with Crippen LogP contribution in [0.5, 0.6) is 0 Å². The van der Waals surface area contributed by atoms with Crippen molar-refractivity contribution in [2.75, 3.05) is 19.6 Å². The minimum Gasteiger partial charge on any atom is -0.334 e. The molecule has 1 aromatic rings. The Balaban J connectivity index is 1.35. The Kier molecular flexibility index (Phi) is 3.65. The van der Waals surface area contributed by atoms with Crippen molar-refractivity contribution < 1.29 is 4.79 Å². The fraction of sp³-hybridized carbons (Fsp3) is 0.789. The van der Waals surface area contributed by atoms with E-state index in [4.69, 9.17) is 0 Å². The second-order valence-corrected chi connectivity index (χ2v) is 8.57. The number of fused-ring (bicyclic) bond motifs is 1. The third-order valence-electron chi connectivity index (χ3n) is 6.84. The van der Waals surface area contributed by atoms with E-state index in [9.17, 15) is 4.79 Å². The summed E-state index contributed by atoms with van der Waals surface area (Å²) in [6, 6.07) is 2.80. The van der Waals surface area contributed by atoms with E-state index in [0.717, 1.165) is 43.8 Å². The second kappa shape index (κ2) is 5.87. The van der Waals surface area contributed by atoms with Crippen LogP contribution in [0, 0.1) is 17.8 Å². The molecule has 1 N–H and O–H groups in total. The van der Waals surface area contributed by atoms with E-state index in [2.05, 4.69) is 15.3 Å². The largest absolute Gasteiger partial charge is 0.334 e. The lowest BCUT2D eigenvalue weighted by molar-refractivity contribution is 0.0625. The molecule has 3 saturated heterocycles. The molecular weight excluding hydrogens is 300 g/mol. The molecule has 4 bridgehead atoms. The Morgan fingerprint density at radius 2 is 1.88 bits per heavy atom. The maximum Gasteiger partial charge on any atom is 0.274 e. The smallest absolute Gasteiger partial charge is 0.274 e. The summed E-state index contributed by atoms with van der Waals surface area (Å²) in [7, 11) is 0. The first-order chi connectivity index (χ1) is 11.8. The van der Waals surface area contributed by atoms with E-state index in [1.54, 1.807) is 0 Å². The van der Waals surface area contributed by atoms with Crippen LogP contribution in [-0.4, -0.2) is 46.3 Å². The van der Waals surface area contributed by atoms with Crippen molar-refractivity contribution in [3.05, 3.63) is 18.0 Å². The van der Waals surface area contributed by atoms with Crippen LogP contribution in [-0.2, 0) is 0 Å². The number of carbonyl (C=O) groups excluding carboxylic acids is 1. The molecule has 2 aliphatic carbocycles. The van der Waals surface area contributed by atoms with Gasteiger partial charge in [-0.05, 0) is 75.3 Å². The molecule has 5 nitrogen and oxygen atoms in total. The van der Waals surface area contributed by atoms with Gasteiger partial charge in [-0.2, -0.15) is 5.10 Å². The fourth-order valence-corrected chi connectivity index (χ4v) is 5.89. The van der Waals surface area contributed by atoms with Crippen LogP contribution >= 0.6 is 0 Å². The lowest BCUT2D eigenvalue weighted by atomic mass is 9.68. The predicted octanol–water partition coefficient (Wildman–Crippen LogP) is 2.46. The third kappa shape index (κ3) is 2.57. The highest BCUT2D eigenvalue weighted by atomic mass is 16.2. The first kappa shape index (κ1) is 14.9. The molecule has 0 aromatic carbocycles. The number of hydrogen-bond donors (Lipinski definition) is 1. The van der Waals surface area contributed by atoms with Crippen LogP contribution in [0.4, 0.5) is 0 Å². The van der Waals surface area contributed by atoms with Crippen LogP contribution in [0.15, 0.2) is 12.3 Å². The zero-order chi connectivity index (χ0) is 16.1. The Morgan fingerprint density at radius 3 is 2.62 bits per heavy atom. The third-order valence-corrected chi connectivity index (χ3v) is 6.84. The van der Waals surface area contributed by atoms with Gasteiger partial charge in [-0.3, -0.25) is 9.48 Å². The van der Waals surface area contributed by atoms with Crippen molar-refractivity contribution in [3.63, 3.8) is 0 Å². The first-order valence-electron chi connectivity index (χ1n) is 9.83. The van der Waals surface area contributed by atoms with Gasteiger partial charge in [0.15, 0.2) is 0 Å². The second-order valence-electron chi connectivity index (χ2n) is 8.57. The molecule has 3 unspecified atom stereocenters. The van der Waals surface area contributed by atoms with Crippen molar-refractivity contribution in [2.24, 2.45) is 17.8 Å². The molecule has 130 valence electrons. The molecule has 4 heterocycles. The normalized spacial score (nSPS) is 38.3. The minimum atomic E-state index is 0.177. The zero-order valence-corrected chi connectivity index (χ0v) is 14.4. The van der Waals surface area contributed by atoms with Crippen LogP contribution in [0.3, 0.4) is 0 Å². The van der Waals surface area contributed by atoms with Crippen molar-refractivity contribution in [3.8, 4) is 0 Å². The van der Waals surface area contributed by atoms with Gasteiger partial charge in [0.05, 0.1) is 6.04 Å². The van der Waals surface area contributed by atoms with Gasteiger partial charge in [-0.25, -0.2) is 0 Å². The molecule has 5 heteroatoms. The van der Waals surface area contributed by atoms with Crippen LogP contribution in [0.2, 0.25) is 0 Å². The summed E-state index contributed by atoms with van der Waals surface area (Å²) in [6.45, 7) is 3.03. The van der Waals surface area contributed by atoms with Crippen molar-refractivity contribution >= 4 is 5.91 Å². The van der Waals surface area contributed by atoms with Gasteiger partial charge in [0.1, 0.15) is 5.69 Å². The summed E-state index contributed by atoms with van der Waals surface area (Å²) in [4.78, 5) is 15.3. The highest BCUT2D eigenvalue weighted by Crippen LogP contribution is 2.47. The molecule has 1 aromatic heterocycles. The summed E-state index contributed by atoms with van der Waals surface area (Å²) < 4.78 is 2.01. The molecule has 5 fully saturated rings. The highest BCUT2D eigenvalue weighted by Gasteiger charge is 2.44. The maximum atomic E-state index is 13.1. The van der Waals surface area contributed by atoms with Gasteiger partial charge in [0.2, 0.25) is 0 Å². The number of amides is 1. The van der Waals surface area contributed by atoms with Crippen molar-refractivity contribution in [1.82, 2.24) is 20.0 Å². The van der Waals surface area contributed by atoms with Gasteiger partial charge in [-0.15, -0.1) is 0 Å². The van der Waals surface area contributed by atoms with Crippen molar-refractivity contribution in [1.29, 1.82) is 0 Å². The molecule has 3 atom stereocenters. The van der Waals surface area contributed by atoms with E-state index < -0.39 is 0 Å². The van der Waals surface area contributed by atoms with E-state index in [1.807, 2.05) is 16.9 Å². The summed E-state index contributed by atoms with van der Waals surface area (Å²) in [5.41, 5.74) is 0.654. The number of rotatable bonds is 2. The Hall–Kier alpha value is -1.36. The van der Waals surface area contributed by atoms with E-state index in [-0.39, 0.29) is 5.91 Å². The Bertz CT molecular complexity index is 607. The molecule has 5 aliphatic rings. The minimum absolute atomic E-state index is 0.177. The summed E-state index contributed by atoms with van der Waals surface area (Å²) >= 11 is 0. The number of aromatic nitrogens is 2. The van der Waals surface area contributed by atoms with Gasteiger partial charge < -0.3 is 10.2 Å². The van der Waals surface area contributed by atoms with Gasteiger partial charge in [-0.1, -0.05) is 0 Å². The predicted molar refractivity (Wildman–Crippen MR) is 91.7 cm³/mol. The molecule has 2 saturated carbocycles. The highest BCUT2D eigenvalue weighted by molar-refractivity contribution is 5.92. The molecule has 0 spiro atoms. The van der Waals surface area contributed by atoms with E-state index in [0.29, 0.717) is 17.8 Å². The molecule has 0 radical (unpaired) electrons. The lowest BCUT2D eigenvalue weighted by Crippen LogP contribution is -2.42. The summed E-state index contributed by atoms with van der Waals surface area (Å²) in [5.74, 6) is 2.65. The van der Waals surface area contributed by atoms with Crippen molar-refractivity contribution in [2.45, 2.75) is 57.0 Å². The van der Waals surface area contributed by atoms with Gasteiger partial charge in [0, 0.05) is 25.3 Å². The van der Waals surface area contributed by atoms with Crippen LogP contribution < -0.4 is 5.32 Å². The average Bonchev–Trinajstić information content (AvgIpc) is 3.01. The average molecular weight is 328 g/mol. The van der Waals surface area contributed by atoms with E-state index in [1.165, 1.54) is 38.5 Å². The standard InChI is InChI=1S/C19H28N4O/c24-19(18-3-5-23(21-18)16-2-1-4-20-11-16)22-12-15-7-13-6-14(8-15)10-17(22)9-13/h3,5,13-17,20H,1-2,4,6-12H2. The lowest BCUT2D eigenvalue weighted by Gasteiger charge is -2.38. The topological polar surface area (TPSA) is 50.2 Å². The quantitative estimate of drug-likeness (QED) is 0.907. The maximum absolute atomic E-state index is 13.1. The monoisotopic (exact) mass is 328 g/mol. The SMILES string of the molecule is O=C(c1ccn(C2CCCNC2)n1)N1CC2CC3CC(C2)CC1C3. The van der Waals surface area contributed by atoms with Gasteiger partial charge in [0.25, 0.3) is 5.91 Å². The molecule has 1 amide bonds. The molecule has 24 heavy (non-hydrogen) atoms. The number of hydrogen-bond acceptors (Lipinski definition) is 3. The molecule has 6 rings (SSSR count).